The third-order valence-electron chi connectivity index (χ3n) is 4.12. The summed E-state index contributed by atoms with van der Waals surface area (Å²) >= 11 is 0. The number of nitrogens with one attached hydrogen (secondary N) is 1. The molecule has 2 heterocycles. The molecule has 1 aromatic carbocycles. The minimum Gasteiger partial charge on any atom is -0.454 e. The van der Waals surface area contributed by atoms with Crippen LogP contribution >= 0.6 is 0 Å². The van der Waals surface area contributed by atoms with Gasteiger partial charge >= 0.3 is 5.97 Å². The van der Waals surface area contributed by atoms with Gasteiger partial charge in [-0.1, -0.05) is 0 Å². The van der Waals surface area contributed by atoms with Crippen molar-refractivity contribution in [2.24, 2.45) is 0 Å². The molecular weight excluding hydrogens is 350 g/mol. The molecule has 0 unspecified atom stereocenters. The maximum atomic E-state index is 12.4. The molecule has 0 fully saturated rings. The molecule has 27 heavy (non-hydrogen) atoms. The number of hydrogen-bond acceptors (Lipinski definition) is 7. The van der Waals surface area contributed by atoms with E-state index in [1.165, 1.54) is 17.9 Å². The number of aryl methyl sites for hydroxylation is 1. The molecular formula is C18H17N5O4. The summed E-state index contributed by atoms with van der Waals surface area (Å²) in [6, 6.07) is 6.43. The van der Waals surface area contributed by atoms with Gasteiger partial charge in [0.15, 0.2) is 12.4 Å². The highest BCUT2D eigenvalue weighted by atomic mass is 16.5. The standard InChI is InChI=1S/C18H17N5O4/c1-10-16(12(3)24)11(2)20-17(10)15(25)8-27-18(26)13-4-6-14(7-5-13)23-9-19-21-22-23/h4-7,9,20H,8H2,1-3H3. The minimum atomic E-state index is -0.626. The van der Waals surface area contributed by atoms with Crippen LogP contribution in [0, 0.1) is 13.8 Å². The number of hydrogen-bond donors (Lipinski definition) is 1. The van der Waals surface area contributed by atoms with Gasteiger partial charge in [-0.05, 0) is 61.0 Å². The van der Waals surface area contributed by atoms with E-state index in [0.29, 0.717) is 28.1 Å². The van der Waals surface area contributed by atoms with Crippen molar-refractivity contribution in [2.45, 2.75) is 20.8 Å². The van der Waals surface area contributed by atoms with Crippen molar-refractivity contribution in [3.63, 3.8) is 0 Å². The fraction of sp³-hybridized carbons (Fsp3) is 0.222. The third-order valence-corrected chi connectivity index (χ3v) is 4.12. The van der Waals surface area contributed by atoms with Crippen LogP contribution in [0.25, 0.3) is 5.69 Å². The fourth-order valence-corrected chi connectivity index (χ4v) is 2.87. The zero-order chi connectivity index (χ0) is 19.6. The highest BCUT2D eigenvalue weighted by Gasteiger charge is 2.21. The van der Waals surface area contributed by atoms with Gasteiger partial charge in [0.05, 0.1) is 16.9 Å². The third kappa shape index (κ3) is 3.66. The highest BCUT2D eigenvalue weighted by Crippen LogP contribution is 2.19. The number of rotatable bonds is 6. The Morgan fingerprint density at radius 2 is 1.85 bits per heavy atom. The largest absolute Gasteiger partial charge is 0.454 e. The molecule has 0 amide bonds. The van der Waals surface area contributed by atoms with Crippen molar-refractivity contribution < 1.29 is 19.1 Å². The smallest absolute Gasteiger partial charge is 0.338 e. The first-order valence-corrected chi connectivity index (χ1v) is 8.12. The second kappa shape index (κ2) is 7.32. The molecule has 0 atom stereocenters. The van der Waals surface area contributed by atoms with E-state index in [9.17, 15) is 14.4 Å². The number of benzene rings is 1. The van der Waals surface area contributed by atoms with Crippen LogP contribution in [0.2, 0.25) is 0 Å². The molecule has 0 aliphatic carbocycles. The van der Waals surface area contributed by atoms with E-state index in [-0.39, 0.29) is 11.5 Å². The van der Waals surface area contributed by atoms with E-state index in [1.807, 2.05) is 0 Å². The zero-order valence-electron chi connectivity index (χ0n) is 15.0. The quantitative estimate of drug-likeness (QED) is 0.521. The summed E-state index contributed by atoms with van der Waals surface area (Å²) in [5, 5.41) is 10.8. The summed E-state index contributed by atoms with van der Waals surface area (Å²) in [5.74, 6) is -1.15. The van der Waals surface area contributed by atoms with Crippen LogP contribution in [0.1, 0.15) is 49.4 Å². The number of ether oxygens (including phenoxy) is 1. The number of H-pyrrole nitrogens is 1. The molecule has 0 saturated carbocycles. The molecule has 0 aliphatic rings. The second-order valence-electron chi connectivity index (χ2n) is 5.98. The Labute approximate surface area is 154 Å². The Kier molecular flexibility index (Phi) is 4.93. The number of Topliss-reactive ketones (excluding diaryl/α,β-unsaturated/α-hetero) is 2. The lowest BCUT2D eigenvalue weighted by molar-refractivity contribution is 0.0473. The van der Waals surface area contributed by atoms with E-state index >= 15 is 0 Å². The van der Waals surface area contributed by atoms with Crippen molar-refractivity contribution in [1.29, 1.82) is 0 Å². The summed E-state index contributed by atoms with van der Waals surface area (Å²) < 4.78 is 6.54. The van der Waals surface area contributed by atoms with Gasteiger partial charge in [-0.2, -0.15) is 0 Å². The Balaban J connectivity index is 1.66. The highest BCUT2D eigenvalue weighted by molar-refractivity contribution is 6.04. The number of carbonyl (C=O) groups is 3. The Morgan fingerprint density at radius 1 is 1.15 bits per heavy atom. The van der Waals surface area contributed by atoms with E-state index in [2.05, 4.69) is 20.5 Å². The first-order chi connectivity index (χ1) is 12.9. The summed E-state index contributed by atoms with van der Waals surface area (Å²) in [7, 11) is 0. The molecule has 3 rings (SSSR count). The average Bonchev–Trinajstić information content (AvgIpc) is 3.27. The van der Waals surface area contributed by atoms with Crippen LogP contribution in [0.15, 0.2) is 30.6 Å². The van der Waals surface area contributed by atoms with Gasteiger partial charge < -0.3 is 9.72 Å². The van der Waals surface area contributed by atoms with Gasteiger partial charge in [0, 0.05) is 11.3 Å². The van der Waals surface area contributed by atoms with E-state index < -0.39 is 18.4 Å². The molecule has 0 saturated heterocycles. The predicted octanol–water partition coefficient (Wildman–Crippen LogP) is 1.85. The van der Waals surface area contributed by atoms with Crippen LogP contribution in [-0.4, -0.2) is 49.3 Å². The monoisotopic (exact) mass is 367 g/mol. The lowest BCUT2D eigenvalue weighted by atomic mass is 10.1. The lowest BCUT2D eigenvalue weighted by Gasteiger charge is -2.05. The summed E-state index contributed by atoms with van der Waals surface area (Å²) in [5.41, 5.74) is 2.92. The Bertz CT molecular complexity index is 1000. The predicted molar refractivity (Wildman–Crippen MR) is 94.0 cm³/mol. The fourth-order valence-electron chi connectivity index (χ4n) is 2.87. The number of ketones is 2. The Hall–Kier alpha value is -3.62. The molecule has 1 N–H and O–H groups in total. The van der Waals surface area contributed by atoms with Crippen molar-refractivity contribution in [3.05, 3.63) is 58.7 Å². The Morgan fingerprint density at radius 3 is 2.41 bits per heavy atom. The SMILES string of the molecule is CC(=O)c1c(C)[nH]c(C(=O)COC(=O)c2ccc(-n3cnnn3)cc2)c1C. The summed E-state index contributed by atoms with van der Waals surface area (Å²) in [6.07, 6.45) is 1.43. The van der Waals surface area contributed by atoms with Crippen LogP contribution in [0.3, 0.4) is 0 Å². The summed E-state index contributed by atoms with van der Waals surface area (Å²) in [4.78, 5) is 39.1. The average molecular weight is 367 g/mol. The molecule has 9 nitrogen and oxygen atoms in total. The van der Waals surface area contributed by atoms with Crippen LogP contribution in [-0.2, 0) is 4.74 Å². The van der Waals surface area contributed by atoms with Gasteiger partial charge in [0.25, 0.3) is 0 Å². The van der Waals surface area contributed by atoms with Gasteiger partial charge in [-0.15, -0.1) is 5.10 Å². The van der Waals surface area contributed by atoms with Gasteiger partial charge in [0.1, 0.15) is 6.33 Å². The van der Waals surface area contributed by atoms with Gasteiger partial charge in [0.2, 0.25) is 5.78 Å². The van der Waals surface area contributed by atoms with Crippen LogP contribution in [0.4, 0.5) is 0 Å². The second-order valence-corrected chi connectivity index (χ2v) is 5.98. The molecule has 0 spiro atoms. The lowest BCUT2D eigenvalue weighted by Crippen LogP contribution is -2.15. The molecule has 138 valence electrons. The number of aromatic nitrogens is 5. The topological polar surface area (TPSA) is 120 Å². The zero-order valence-corrected chi connectivity index (χ0v) is 15.0. The number of nitrogens with zero attached hydrogens (tertiary/aromatic N) is 4. The van der Waals surface area contributed by atoms with Gasteiger partial charge in [-0.25, -0.2) is 9.48 Å². The number of carbonyl (C=O) groups excluding carboxylic acids is 3. The molecule has 0 bridgehead atoms. The van der Waals surface area contributed by atoms with Crippen LogP contribution < -0.4 is 0 Å². The maximum Gasteiger partial charge on any atom is 0.338 e. The maximum absolute atomic E-state index is 12.4. The van der Waals surface area contributed by atoms with Gasteiger partial charge in [-0.3, -0.25) is 9.59 Å². The normalized spacial score (nSPS) is 10.6. The van der Waals surface area contributed by atoms with Crippen molar-refractivity contribution in [3.8, 4) is 5.69 Å². The molecule has 0 radical (unpaired) electrons. The molecule has 2 aromatic heterocycles. The first-order valence-electron chi connectivity index (χ1n) is 8.12. The first kappa shape index (κ1) is 18.2. The number of aromatic amines is 1. The van der Waals surface area contributed by atoms with Crippen molar-refractivity contribution in [2.75, 3.05) is 6.61 Å². The number of esters is 1. The molecule has 9 heteroatoms. The van der Waals surface area contributed by atoms with Crippen molar-refractivity contribution in [1.82, 2.24) is 25.2 Å². The minimum absolute atomic E-state index is 0.125. The summed E-state index contributed by atoms with van der Waals surface area (Å²) in [6.45, 7) is 4.42. The molecule has 3 aromatic rings. The van der Waals surface area contributed by atoms with E-state index in [1.54, 1.807) is 38.1 Å². The van der Waals surface area contributed by atoms with Crippen molar-refractivity contribution >= 4 is 17.5 Å². The molecule has 0 aliphatic heterocycles. The number of tetrazole rings is 1. The van der Waals surface area contributed by atoms with Crippen LogP contribution in [0.5, 0.6) is 0 Å². The van der Waals surface area contributed by atoms with E-state index in [0.717, 1.165) is 0 Å². The van der Waals surface area contributed by atoms with E-state index in [4.69, 9.17) is 4.74 Å².